The van der Waals surface area contributed by atoms with Crippen LogP contribution in [0.3, 0.4) is 0 Å². The molecular formula is C23H25Cl2N3O. The molecule has 0 bridgehead atoms. The first-order valence-electron chi connectivity index (χ1n) is 10.1. The third-order valence-corrected chi connectivity index (χ3v) is 5.97. The van der Waals surface area contributed by atoms with Crippen LogP contribution < -0.4 is 10.9 Å². The second kappa shape index (κ2) is 8.47. The molecule has 29 heavy (non-hydrogen) atoms. The van der Waals surface area contributed by atoms with Gasteiger partial charge in [0.2, 0.25) is 0 Å². The van der Waals surface area contributed by atoms with E-state index in [4.69, 9.17) is 28.2 Å². The Bertz CT molecular complexity index is 1080. The summed E-state index contributed by atoms with van der Waals surface area (Å²) in [6, 6.07) is 11.2. The first-order chi connectivity index (χ1) is 13.9. The van der Waals surface area contributed by atoms with Crippen LogP contribution in [-0.4, -0.2) is 22.6 Å². The van der Waals surface area contributed by atoms with Crippen LogP contribution >= 0.6 is 23.2 Å². The lowest BCUT2D eigenvalue weighted by Gasteiger charge is -2.25. The zero-order valence-corrected chi connectivity index (χ0v) is 18.2. The molecule has 1 atom stereocenters. The summed E-state index contributed by atoms with van der Waals surface area (Å²) in [5, 5.41) is 5.22. The van der Waals surface area contributed by atoms with Gasteiger partial charge in [0.1, 0.15) is 5.82 Å². The van der Waals surface area contributed by atoms with Crippen molar-refractivity contribution in [2.45, 2.75) is 39.2 Å². The fourth-order valence-corrected chi connectivity index (χ4v) is 4.62. The van der Waals surface area contributed by atoms with Gasteiger partial charge in [0.05, 0.1) is 10.9 Å². The molecule has 0 aliphatic carbocycles. The first kappa shape index (κ1) is 20.4. The molecule has 1 saturated heterocycles. The SMILES string of the molecule is CC(C)c1nc2ccc(-c3cc(Cl)cc(Cl)c3)cc2c(=O)n1C[C@H]1CCCNC1. The van der Waals surface area contributed by atoms with Gasteiger partial charge < -0.3 is 5.32 Å². The van der Waals surface area contributed by atoms with Crippen molar-refractivity contribution in [2.75, 3.05) is 13.1 Å². The van der Waals surface area contributed by atoms with E-state index in [1.54, 1.807) is 6.07 Å². The van der Waals surface area contributed by atoms with Crippen molar-refractivity contribution >= 4 is 34.1 Å². The second-order valence-electron chi connectivity index (χ2n) is 8.14. The number of benzene rings is 2. The lowest BCUT2D eigenvalue weighted by atomic mass is 9.99. The average Bonchev–Trinajstić information content (AvgIpc) is 2.69. The van der Waals surface area contributed by atoms with Gasteiger partial charge in [-0.1, -0.05) is 43.1 Å². The molecule has 2 aromatic carbocycles. The summed E-state index contributed by atoms with van der Waals surface area (Å²) in [4.78, 5) is 18.4. The van der Waals surface area contributed by atoms with Crippen molar-refractivity contribution in [3.05, 3.63) is 62.6 Å². The van der Waals surface area contributed by atoms with Gasteiger partial charge >= 0.3 is 0 Å². The molecule has 0 spiro atoms. The van der Waals surface area contributed by atoms with E-state index in [1.165, 1.54) is 0 Å². The van der Waals surface area contributed by atoms with Gasteiger partial charge in [0.25, 0.3) is 5.56 Å². The van der Waals surface area contributed by atoms with Crippen molar-refractivity contribution in [1.29, 1.82) is 0 Å². The highest BCUT2D eigenvalue weighted by Gasteiger charge is 2.20. The van der Waals surface area contributed by atoms with Crippen molar-refractivity contribution in [3.8, 4) is 11.1 Å². The molecule has 4 rings (SSSR count). The van der Waals surface area contributed by atoms with Gasteiger partial charge in [-0.05, 0) is 73.3 Å². The molecule has 0 amide bonds. The number of fused-ring (bicyclic) bond motifs is 1. The second-order valence-corrected chi connectivity index (χ2v) is 9.02. The Morgan fingerprint density at radius 2 is 1.90 bits per heavy atom. The number of aromatic nitrogens is 2. The molecule has 4 nitrogen and oxygen atoms in total. The summed E-state index contributed by atoms with van der Waals surface area (Å²) in [5.74, 6) is 1.48. The zero-order valence-electron chi connectivity index (χ0n) is 16.7. The van der Waals surface area contributed by atoms with Crippen LogP contribution in [0.4, 0.5) is 0 Å². The predicted molar refractivity (Wildman–Crippen MR) is 121 cm³/mol. The lowest BCUT2D eigenvalue weighted by Crippen LogP contribution is -2.36. The molecular weight excluding hydrogens is 405 g/mol. The third kappa shape index (κ3) is 4.35. The average molecular weight is 430 g/mol. The summed E-state index contributed by atoms with van der Waals surface area (Å²) in [6.07, 6.45) is 2.28. The molecule has 0 radical (unpaired) electrons. The van der Waals surface area contributed by atoms with E-state index in [2.05, 4.69) is 19.2 Å². The summed E-state index contributed by atoms with van der Waals surface area (Å²) in [6.45, 7) is 6.89. The Morgan fingerprint density at radius 3 is 2.55 bits per heavy atom. The number of piperidine rings is 1. The van der Waals surface area contributed by atoms with E-state index in [-0.39, 0.29) is 11.5 Å². The molecule has 1 fully saturated rings. The van der Waals surface area contributed by atoms with Crippen LogP contribution in [0.5, 0.6) is 0 Å². The van der Waals surface area contributed by atoms with Crippen LogP contribution in [0, 0.1) is 5.92 Å². The van der Waals surface area contributed by atoms with E-state index in [9.17, 15) is 4.79 Å². The summed E-state index contributed by atoms with van der Waals surface area (Å²) in [5.41, 5.74) is 2.55. The molecule has 6 heteroatoms. The Balaban J connectivity index is 1.84. The molecule has 3 aromatic rings. The topological polar surface area (TPSA) is 46.9 Å². The Hall–Kier alpha value is -1.88. The smallest absolute Gasteiger partial charge is 0.261 e. The highest BCUT2D eigenvalue weighted by molar-refractivity contribution is 6.35. The third-order valence-electron chi connectivity index (χ3n) is 5.54. The van der Waals surface area contributed by atoms with Crippen molar-refractivity contribution in [3.63, 3.8) is 0 Å². The van der Waals surface area contributed by atoms with E-state index in [1.807, 2.05) is 34.9 Å². The highest BCUT2D eigenvalue weighted by atomic mass is 35.5. The fraction of sp³-hybridized carbons (Fsp3) is 0.391. The number of rotatable bonds is 4. The molecule has 1 N–H and O–H groups in total. The maximum absolute atomic E-state index is 13.5. The fourth-order valence-electron chi connectivity index (χ4n) is 4.09. The maximum atomic E-state index is 13.5. The summed E-state index contributed by atoms with van der Waals surface area (Å²) < 4.78 is 1.89. The molecule has 1 aliphatic heterocycles. The van der Waals surface area contributed by atoms with E-state index >= 15 is 0 Å². The van der Waals surface area contributed by atoms with Gasteiger partial charge in [-0.25, -0.2) is 4.98 Å². The lowest BCUT2D eigenvalue weighted by molar-refractivity contribution is 0.327. The Labute approximate surface area is 180 Å². The van der Waals surface area contributed by atoms with Crippen LogP contribution in [-0.2, 0) is 6.54 Å². The van der Waals surface area contributed by atoms with Crippen molar-refractivity contribution < 1.29 is 0 Å². The zero-order chi connectivity index (χ0) is 20.5. The highest BCUT2D eigenvalue weighted by Crippen LogP contribution is 2.29. The van der Waals surface area contributed by atoms with Crippen molar-refractivity contribution in [1.82, 2.24) is 14.9 Å². The molecule has 1 aromatic heterocycles. The monoisotopic (exact) mass is 429 g/mol. The largest absolute Gasteiger partial charge is 0.316 e. The summed E-state index contributed by atoms with van der Waals surface area (Å²) in [7, 11) is 0. The first-order valence-corrected chi connectivity index (χ1v) is 10.9. The Morgan fingerprint density at radius 1 is 1.14 bits per heavy atom. The van der Waals surface area contributed by atoms with Crippen LogP contribution in [0.2, 0.25) is 10.0 Å². The minimum absolute atomic E-state index is 0.0271. The van der Waals surface area contributed by atoms with E-state index in [0.717, 1.165) is 48.4 Å². The van der Waals surface area contributed by atoms with Gasteiger partial charge in [0.15, 0.2) is 0 Å². The number of nitrogens with zero attached hydrogens (tertiary/aromatic N) is 2. The standard InChI is InChI=1S/C23H25Cl2N3O/c1-14(2)22-27-21-6-5-16(17-8-18(24)11-19(25)9-17)10-20(21)23(29)28(22)13-15-4-3-7-26-12-15/h5-6,8-11,14-15,26H,3-4,7,12-13H2,1-2H3/t15-/m0/s1. The quantitative estimate of drug-likeness (QED) is 0.595. The van der Waals surface area contributed by atoms with Crippen LogP contribution in [0.1, 0.15) is 38.4 Å². The number of nitrogens with one attached hydrogen (secondary N) is 1. The van der Waals surface area contributed by atoms with Gasteiger partial charge in [-0.2, -0.15) is 0 Å². The minimum atomic E-state index is 0.0271. The minimum Gasteiger partial charge on any atom is -0.316 e. The molecule has 2 heterocycles. The van der Waals surface area contributed by atoms with Crippen molar-refractivity contribution in [2.24, 2.45) is 5.92 Å². The number of hydrogen-bond acceptors (Lipinski definition) is 3. The maximum Gasteiger partial charge on any atom is 0.261 e. The van der Waals surface area contributed by atoms with Crippen LogP contribution in [0.25, 0.3) is 22.0 Å². The van der Waals surface area contributed by atoms with E-state index in [0.29, 0.717) is 27.9 Å². The van der Waals surface area contributed by atoms with Gasteiger partial charge in [0, 0.05) is 22.5 Å². The number of halogens is 2. The predicted octanol–water partition coefficient (Wildman–Crippen LogP) is 5.49. The molecule has 0 unspecified atom stereocenters. The molecule has 152 valence electrons. The van der Waals surface area contributed by atoms with Crippen LogP contribution in [0.15, 0.2) is 41.2 Å². The molecule has 0 saturated carbocycles. The summed E-state index contributed by atoms with van der Waals surface area (Å²) >= 11 is 12.3. The van der Waals surface area contributed by atoms with Gasteiger partial charge in [-0.15, -0.1) is 0 Å². The Kier molecular flexibility index (Phi) is 5.95. The molecule has 1 aliphatic rings. The number of hydrogen-bond donors (Lipinski definition) is 1. The normalized spacial score (nSPS) is 17.2. The van der Waals surface area contributed by atoms with Gasteiger partial charge in [-0.3, -0.25) is 9.36 Å². The van der Waals surface area contributed by atoms with E-state index < -0.39 is 0 Å².